The summed E-state index contributed by atoms with van der Waals surface area (Å²) >= 11 is 6.11. The molecule has 0 amide bonds. The minimum Gasteiger partial charge on any atom is -0.396 e. The van der Waals surface area contributed by atoms with Crippen molar-refractivity contribution in [2.45, 2.75) is 31.7 Å². The molecule has 0 spiro atoms. The molecular formula is C19H21ClN4O. The second-order valence-corrected chi connectivity index (χ2v) is 7.16. The standard InChI is InChI=1S/C19H21ClN4O/c20-15-3-1-2-14(10-15)19-23-22-18-9-8-17(11-24(18)19)21-16-6-4-13(12-25)5-7-16/h1-3,8-11,13,16,21,25H,4-7,12H2/t13-,16-. The number of nitrogens with one attached hydrogen (secondary N) is 1. The Morgan fingerprint density at radius 1 is 1.12 bits per heavy atom. The smallest absolute Gasteiger partial charge is 0.168 e. The molecule has 0 saturated heterocycles. The van der Waals surface area contributed by atoms with Gasteiger partial charge in [-0.2, -0.15) is 0 Å². The lowest BCUT2D eigenvalue weighted by Crippen LogP contribution is -2.27. The Kier molecular flexibility index (Phi) is 4.59. The van der Waals surface area contributed by atoms with Gasteiger partial charge in [0.25, 0.3) is 0 Å². The van der Waals surface area contributed by atoms with Crippen LogP contribution in [0.2, 0.25) is 5.02 Å². The molecule has 2 N–H and O–H groups in total. The first-order valence-corrected chi connectivity index (χ1v) is 9.09. The predicted molar refractivity (Wildman–Crippen MR) is 99.9 cm³/mol. The first-order valence-electron chi connectivity index (χ1n) is 8.71. The minimum absolute atomic E-state index is 0.308. The van der Waals surface area contributed by atoms with Gasteiger partial charge in [-0.1, -0.05) is 23.7 Å². The number of pyridine rings is 1. The van der Waals surface area contributed by atoms with Crippen LogP contribution in [0.1, 0.15) is 25.7 Å². The molecule has 6 heteroatoms. The van der Waals surface area contributed by atoms with Gasteiger partial charge in [0.15, 0.2) is 11.5 Å². The Hall–Kier alpha value is -2.11. The van der Waals surface area contributed by atoms with Crippen LogP contribution in [0, 0.1) is 5.92 Å². The van der Waals surface area contributed by atoms with Gasteiger partial charge in [0, 0.05) is 29.4 Å². The van der Waals surface area contributed by atoms with Crippen LogP contribution < -0.4 is 5.32 Å². The van der Waals surface area contributed by atoms with E-state index in [-0.39, 0.29) is 0 Å². The summed E-state index contributed by atoms with van der Waals surface area (Å²) < 4.78 is 1.99. The highest BCUT2D eigenvalue weighted by atomic mass is 35.5. The van der Waals surface area contributed by atoms with Gasteiger partial charge in [0.1, 0.15) is 0 Å². The number of anilines is 1. The number of hydrogen-bond donors (Lipinski definition) is 2. The van der Waals surface area contributed by atoms with Crippen molar-refractivity contribution in [3.05, 3.63) is 47.6 Å². The third-order valence-electron chi connectivity index (χ3n) is 4.96. The van der Waals surface area contributed by atoms with E-state index < -0.39 is 0 Å². The lowest BCUT2D eigenvalue weighted by Gasteiger charge is -2.28. The van der Waals surface area contributed by atoms with Crippen molar-refractivity contribution in [1.82, 2.24) is 14.6 Å². The molecule has 1 aliphatic carbocycles. The molecule has 0 aliphatic heterocycles. The van der Waals surface area contributed by atoms with Crippen LogP contribution >= 0.6 is 11.6 Å². The van der Waals surface area contributed by atoms with E-state index >= 15 is 0 Å². The van der Waals surface area contributed by atoms with Gasteiger partial charge in [-0.25, -0.2) is 0 Å². The minimum atomic E-state index is 0.308. The quantitative estimate of drug-likeness (QED) is 0.741. The summed E-state index contributed by atoms with van der Waals surface area (Å²) in [4.78, 5) is 0. The van der Waals surface area contributed by atoms with Crippen molar-refractivity contribution in [3.63, 3.8) is 0 Å². The Labute approximate surface area is 151 Å². The lowest BCUT2D eigenvalue weighted by molar-refractivity contribution is 0.186. The zero-order valence-corrected chi connectivity index (χ0v) is 14.7. The number of hydrogen-bond acceptors (Lipinski definition) is 4. The van der Waals surface area contributed by atoms with Crippen LogP contribution in [0.5, 0.6) is 0 Å². The van der Waals surface area contributed by atoms with Crippen molar-refractivity contribution in [1.29, 1.82) is 0 Å². The SMILES string of the molecule is OC[C@H]1CC[C@H](Nc2ccc3nnc(-c4cccc(Cl)c4)n3c2)CC1. The Morgan fingerprint density at radius 3 is 2.72 bits per heavy atom. The van der Waals surface area contributed by atoms with Crippen LogP contribution in [0.15, 0.2) is 42.6 Å². The first-order chi connectivity index (χ1) is 12.2. The number of aliphatic hydroxyl groups excluding tert-OH is 1. The molecule has 0 atom stereocenters. The zero-order chi connectivity index (χ0) is 17.2. The molecule has 130 valence electrons. The molecule has 1 aliphatic rings. The summed E-state index contributed by atoms with van der Waals surface area (Å²) in [5, 5.41) is 22.1. The Balaban J connectivity index is 1.58. The van der Waals surface area contributed by atoms with Gasteiger partial charge in [-0.15, -0.1) is 10.2 Å². The maximum absolute atomic E-state index is 9.27. The van der Waals surface area contributed by atoms with Gasteiger partial charge in [-0.05, 0) is 55.9 Å². The topological polar surface area (TPSA) is 62.5 Å². The summed E-state index contributed by atoms with van der Waals surface area (Å²) in [6.45, 7) is 0.308. The highest BCUT2D eigenvalue weighted by molar-refractivity contribution is 6.30. The second kappa shape index (κ2) is 7.02. The van der Waals surface area contributed by atoms with E-state index in [9.17, 15) is 5.11 Å². The number of halogens is 1. The highest BCUT2D eigenvalue weighted by Gasteiger charge is 2.20. The molecule has 1 aromatic carbocycles. The summed E-state index contributed by atoms with van der Waals surface area (Å²) in [6.07, 6.45) is 6.39. The number of aromatic nitrogens is 3. The number of aliphatic hydroxyl groups is 1. The Bertz CT molecular complexity index is 871. The normalized spacial score (nSPS) is 20.7. The van der Waals surface area contributed by atoms with Crippen molar-refractivity contribution < 1.29 is 5.11 Å². The maximum Gasteiger partial charge on any atom is 0.168 e. The van der Waals surface area contributed by atoms with Crippen LogP contribution in [-0.4, -0.2) is 32.4 Å². The number of nitrogens with zero attached hydrogens (tertiary/aromatic N) is 3. The monoisotopic (exact) mass is 356 g/mol. The number of fused-ring (bicyclic) bond motifs is 1. The molecule has 0 radical (unpaired) electrons. The predicted octanol–water partition coefficient (Wildman–Crippen LogP) is 4.01. The highest BCUT2D eigenvalue weighted by Crippen LogP contribution is 2.27. The third kappa shape index (κ3) is 3.48. The van der Waals surface area contributed by atoms with E-state index in [1.807, 2.05) is 47.0 Å². The van der Waals surface area contributed by atoms with Crippen LogP contribution in [0.4, 0.5) is 5.69 Å². The molecule has 3 aromatic rings. The van der Waals surface area contributed by atoms with Crippen molar-refractivity contribution in [2.75, 3.05) is 11.9 Å². The van der Waals surface area contributed by atoms with E-state index in [2.05, 4.69) is 15.5 Å². The van der Waals surface area contributed by atoms with Gasteiger partial charge in [0.2, 0.25) is 0 Å². The zero-order valence-electron chi connectivity index (χ0n) is 13.9. The molecule has 2 aromatic heterocycles. The molecule has 4 rings (SSSR count). The molecule has 25 heavy (non-hydrogen) atoms. The molecular weight excluding hydrogens is 336 g/mol. The molecule has 5 nitrogen and oxygen atoms in total. The molecule has 2 heterocycles. The van der Waals surface area contributed by atoms with Crippen LogP contribution in [-0.2, 0) is 0 Å². The number of rotatable bonds is 4. The molecule has 0 bridgehead atoms. The van der Waals surface area contributed by atoms with Crippen LogP contribution in [0.25, 0.3) is 17.0 Å². The van der Waals surface area contributed by atoms with E-state index in [1.165, 1.54) is 0 Å². The third-order valence-corrected chi connectivity index (χ3v) is 5.20. The van der Waals surface area contributed by atoms with Gasteiger partial charge in [0.05, 0.1) is 5.69 Å². The lowest BCUT2D eigenvalue weighted by atomic mass is 9.86. The summed E-state index contributed by atoms with van der Waals surface area (Å²) in [5.74, 6) is 1.25. The van der Waals surface area contributed by atoms with E-state index in [0.29, 0.717) is 23.6 Å². The first kappa shape index (κ1) is 16.4. The van der Waals surface area contributed by atoms with Gasteiger partial charge >= 0.3 is 0 Å². The fourth-order valence-corrected chi connectivity index (χ4v) is 3.72. The average Bonchev–Trinajstić information content (AvgIpc) is 3.06. The van der Waals surface area contributed by atoms with E-state index in [4.69, 9.17) is 11.6 Å². The van der Waals surface area contributed by atoms with Gasteiger partial charge < -0.3 is 10.4 Å². The van der Waals surface area contributed by atoms with Crippen LogP contribution in [0.3, 0.4) is 0 Å². The fourth-order valence-electron chi connectivity index (χ4n) is 3.53. The molecule has 1 saturated carbocycles. The second-order valence-electron chi connectivity index (χ2n) is 6.72. The number of benzene rings is 1. The van der Waals surface area contributed by atoms with E-state index in [0.717, 1.165) is 48.4 Å². The summed E-state index contributed by atoms with van der Waals surface area (Å²) in [7, 11) is 0. The average molecular weight is 357 g/mol. The summed E-state index contributed by atoms with van der Waals surface area (Å²) in [6, 6.07) is 12.1. The van der Waals surface area contributed by atoms with Crippen molar-refractivity contribution in [2.24, 2.45) is 5.92 Å². The Morgan fingerprint density at radius 2 is 1.96 bits per heavy atom. The molecule has 0 unspecified atom stereocenters. The fraction of sp³-hybridized carbons (Fsp3) is 0.368. The van der Waals surface area contributed by atoms with Gasteiger partial charge in [-0.3, -0.25) is 4.40 Å². The van der Waals surface area contributed by atoms with Crippen molar-refractivity contribution in [3.8, 4) is 11.4 Å². The maximum atomic E-state index is 9.27. The largest absolute Gasteiger partial charge is 0.396 e. The van der Waals surface area contributed by atoms with Crippen molar-refractivity contribution >= 4 is 22.9 Å². The van der Waals surface area contributed by atoms with E-state index in [1.54, 1.807) is 0 Å². The molecule has 1 fully saturated rings. The summed E-state index contributed by atoms with van der Waals surface area (Å²) in [5.41, 5.74) is 2.81.